The van der Waals surface area contributed by atoms with Gasteiger partial charge in [0.2, 0.25) is 0 Å². The zero-order valence-electron chi connectivity index (χ0n) is 8.89. The lowest BCUT2D eigenvalue weighted by Crippen LogP contribution is -2.02. The van der Waals surface area contributed by atoms with E-state index < -0.39 is 5.51 Å². The summed E-state index contributed by atoms with van der Waals surface area (Å²) in [6.07, 6.45) is 0. The van der Waals surface area contributed by atoms with Crippen molar-refractivity contribution >= 4 is 33.5 Å². The lowest BCUT2D eigenvalue weighted by molar-refractivity contribution is -0.0329. The second-order valence-electron chi connectivity index (χ2n) is 3.09. The van der Waals surface area contributed by atoms with Gasteiger partial charge < -0.3 is 4.74 Å². The predicted octanol–water partition coefficient (Wildman–Crippen LogP) is 4.27. The van der Waals surface area contributed by atoms with Crippen molar-refractivity contribution in [3.63, 3.8) is 0 Å². The summed E-state index contributed by atoms with van der Waals surface area (Å²) >= 11 is 2.77. The number of rotatable bonds is 3. The normalized spacial score (nSPS) is 11.4. The quantitative estimate of drug-likeness (QED) is 0.612. The van der Waals surface area contributed by atoms with Gasteiger partial charge in [0.05, 0.1) is 16.5 Å². The van der Waals surface area contributed by atoms with Gasteiger partial charge >= 0.3 is 5.51 Å². The van der Waals surface area contributed by atoms with Crippen LogP contribution in [0.4, 0.5) is 13.2 Å². The first-order valence-corrected chi connectivity index (χ1v) is 5.99. The summed E-state index contributed by atoms with van der Waals surface area (Å²) in [6, 6.07) is 2.60. The first-order valence-electron chi connectivity index (χ1n) is 4.39. The van der Waals surface area contributed by atoms with Crippen LogP contribution in [0.3, 0.4) is 0 Å². The average molecular weight is 329 g/mol. The third kappa shape index (κ3) is 3.92. The predicted molar refractivity (Wildman–Crippen MR) is 62.6 cm³/mol. The van der Waals surface area contributed by atoms with Crippen molar-refractivity contribution in [1.29, 1.82) is 0 Å². The van der Waals surface area contributed by atoms with Crippen molar-refractivity contribution in [3.8, 4) is 5.75 Å². The SMILES string of the molecule is COc1c(Br)cc(C(C)=O)cc1SC(F)(F)F. The Morgan fingerprint density at radius 3 is 2.41 bits per heavy atom. The van der Waals surface area contributed by atoms with Gasteiger partial charge in [0.25, 0.3) is 0 Å². The standard InChI is InChI=1S/C10H8BrF3O2S/c1-5(15)6-3-7(11)9(16-2)8(4-6)17-10(12,13)14/h3-4H,1-2H3. The fourth-order valence-electron chi connectivity index (χ4n) is 1.17. The number of halogens is 4. The van der Waals surface area contributed by atoms with Crippen molar-refractivity contribution in [2.24, 2.45) is 0 Å². The number of Topliss-reactive ketones (excluding diaryl/α,β-unsaturated/α-hetero) is 1. The molecule has 0 bridgehead atoms. The second kappa shape index (κ2) is 5.30. The molecule has 0 aromatic heterocycles. The topological polar surface area (TPSA) is 26.3 Å². The number of methoxy groups -OCH3 is 1. The van der Waals surface area contributed by atoms with Gasteiger partial charge in [-0.1, -0.05) is 0 Å². The molecule has 0 unspecified atom stereocenters. The van der Waals surface area contributed by atoms with Gasteiger partial charge in [-0.05, 0) is 46.7 Å². The lowest BCUT2D eigenvalue weighted by atomic mass is 10.1. The maximum absolute atomic E-state index is 12.3. The molecule has 17 heavy (non-hydrogen) atoms. The molecule has 0 aliphatic carbocycles. The molecule has 0 spiro atoms. The van der Waals surface area contributed by atoms with Gasteiger partial charge in [0, 0.05) is 5.56 Å². The second-order valence-corrected chi connectivity index (χ2v) is 5.05. The van der Waals surface area contributed by atoms with Gasteiger partial charge in [-0.3, -0.25) is 4.79 Å². The van der Waals surface area contributed by atoms with Crippen LogP contribution in [0.2, 0.25) is 0 Å². The molecule has 94 valence electrons. The first-order chi connectivity index (χ1) is 7.74. The summed E-state index contributed by atoms with van der Waals surface area (Å²) < 4.78 is 42.2. The summed E-state index contributed by atoms with van der Waals surface area (Å²) in [5.41, 5.74) is -4.23. The van der Waals surface area contributed by atoms with Crippen LogP contribution in [0.15, 0.2) is 21.5 Å². The van der Waals surface area contributed by atoms with E-state index in [1.54, 1.807) is 0 Å². The summed E-state index contributed by atoms with van der Waals surface area (Å²) in [7, 11) is 1.27. The highest BCUT2D eigenvalue weighted by Gasteiger charge is 2.31. The number of hydrogen-bond acceptors (Lipinski definition) is 3. The number of ether oxygens (including phenoxy) is 1. The van der Waals surface area contributed by atoms with E-state index in [0.717, 1.165) is 0 Å². The largest absolute Gasteiger partial charge is 0.494 e. The summed E-state index contributed by atoms with van der Waals surface area (Å²) in [4.78, 5) is 11.0. The molecule has 0 amide bonds. The van der Waals surface area contributed by atoms with Crippen molar-refractivity contribution in [1.82, 2.24) is 0 Å². The lowest BCUT2D eigenvalue weighted by Gasteiger charge is -2.13. The first kappa shape index (κ1) is 14.4. The molecule has 0 aliphatic heterocycles. The summed E-state index contributed by atoms with van der Waals surface area (Å²) in [5, 5.41) is 0. The van der Waals surface area contributed by atoms with E-state index in [1.807, 2.05) is 0 Å². The monoisotopic (exact) mass is 328 g/mol. The molecule has 0 N–H and O–H groups in total. The minimum Gasteiger partial charge on any atom is -0.494 e. The van der Waals surface area contributed by atoms with Crippen LogP contribution in [0.5, 0.6) is 5.75 Å². The van der Waals surface area contributed by atoms with Crippen LogP contribution >= 0.6 is 27.7 Å². The Labute approximate surface area is 109 Å². The minimum atomic E-state index is -4.43. The molecule has 0 saturated carbocycles. The van der Waals surface area contributed by atoms with Gasteiger partial charge in [0.1, 0.15) is 5.75 Å². The average Bonchev–Trinajstić information content (AvgIpc) is 2.14. The molecule has 0 radical (unpaired) electrons. The number of thioether (sulfide) groups is 1. The van der Waals surface area contributed by atoms with Gasteiger partial charge in [-0.25, -0.2) is 0 Å². The summed E-state index contributed by atoms with van der Waals surface area (Å²) in [6.45, 7) is 1.29. The highest BCUT2D eigenvalue weighted by molar-refractivity contribution is 9.10. The number of benzene rings is 1. The molecule has 0 saturated heterocycles. The van der Waals surface area contributed by atoms with Gasteiger partial charge in [-0.2, -0.15) is 13.2 Å². The number of carbonyl (C=O) groups is 1. The number of ketones is 1. The zero-order valence-corrected chi connectivity index (χ0v) is 11.3. The maximum atomic E-state index is 12.3. The van der Waals surface area contributed by atoms with E-state index in [9.17, 15) is 18.0 Å². The highest BCUT2D eigenvalue weighted by atomic mass is 79.9. The Morgan fingerprint density at radius 2 is 2.00 bits per heavy atom. The van der Waals surface area contributed by atoms with E-state index in [2.05, 4.69) is 15.9 Å². The molecular formula is C10H8BrF3O2S. The third-order valence-corrected chi connectivity index (χ3v) is 3.19. The maximum Gasteiger partial charge on any atom is 0.446 e. The molecule has 1 aromatic carbocycles. The Morgan fingerprint density at radius 1 is 1.41 bits per heavy atom. The molecule has 0 aliphatic rings. The Bertz CT molecular complexity index is 446. The van der Waals surface area contributed by atoms with E-state index in [0.29, 0.717) is 4.47 Å². The van der Waals surface area contributed by atoms with E-state index in [4.69, 9.17) is 4.74 Å². The number of alkyl halides is 3. The van der Waals surface area contributed by atoms with Crippen LogP contribution in [0.1, 0.15) is 17.3 Å². The van der Waals surface area contributed by atoms with Gasteiger partial charge in [-0.15, -0.1) is 0 Å². The zero-order chi connectivity index (χ0) is 13.2. The molecule has 0 atom stereocenters. The molecule has 0 fully saturated rings. The third-order valence-electron chi connectivity index (χ3n) is 1.85. The van der Waals surface area contributed by atoms with Crippen LogP contribution in [0, 0.1) is 0 Å². The van der Waals surface area contributed by atoms with E-state index >= 15 is 0 Å². The Balaban J connectivity index is 3.29. The number of carbonyl (C=O) groups excluding carboxylic acids is 1. The van der Waals surface area contributed by atoms with Gasteiger partial charge in [0.15, 0.2) is 5.78 Å². The van der Waals surface area contributed by atoms with Crippen molar-refractivity contribution in [2.75, 3.05) is 7.11 Å². The van der Waals surface area contributed by atoms with Crippen LogP contribution in [-0.4, -0.2) is 18.4 Å². The van der Waals surface area contributed by atoms with Crippen molar-refractivity contribution in [2.45, 2.75) is 17.3 Å². The van der Waals surface area contributed by atoms with Crippen LogP contribution in [0.25, 0.3) is 0 Å². The van der Waals surface area contributed by atoms with Crippen LogP contribution in [-0.2, 0) is 0 Å². The Hall–Kier alpha value is -0.690. The molecule has 1 rings (SSSR count). The molecule has 0 heterocycles. The molecule has 1 aromatic rings. The highest BCUT2D eigenvalue weighted by Crippen LogP contribution is 2.44. The Kier molecular flexibility index (Phi) is 4.48. The number of hydrogen-bond donors (Lipinski definition) is 0. The van der Waals surface area contributed by atoms with Crippen molar-refractivity contribution < 1.29 is 22.7 Å². The van der Waals surface area contributed by atoms with E-state index in [1.165, 1.54) is 26.2 Å². The fourth-order valence-corrected chi connectivity index (χ4v) is 2.64. The molecule has 7 heteroatoms. The molecule has 2 nitrogen and oxygen atoms in total. The minimum absolute atomic E-state index is 0.0670. The smallest absolute Gasteiger partial charge is 0.446 e. The molecular weight excluding hydrogens is 321 g/mol. The summed E-state index contributed by atoms with van der Waals surface area (Å²) in [5.74, 6) is -0.241. The van der Waals surface area contributed by atoms with Crippen LogP contribution < -0.4 is 4.74 Å². The van der Waals surface area contributed by atoms with Crippen molar-refractivity contribution in [3.05, 3.63) is 22.2 Å². The van der Waals surface area contributed by atoms with E-state index in [-0.39, 0.29) is 33.8 Å². The fraction of sp³-hybridized carbons (Fsp3) is 0.300.